The van der Waals surface area contributed by atoms with Crippen molar-refractivity contribution in [2.45, 2.75) is 25.7 Å². The molecule has 1 aliphatic carbocycles. The molecule has 1 aliphatic rings. The van der Waals surface area contributed by atoms with Gasteiger partial charge in [0.2, 0.25) is 0 Å². The lowest BCUT2D eigenvalue weighted by molar-refractivity contribution is 0.0948. The fourth-order valence-corrected chi connectivity index (χ4v) is 2.18. The molecule has 3 nitrogen and oxygen atoms in total. The number of carbonyl (C=O) groups is 1. The van der Waals surface area contributed by atoms with Crippen molar-refractivity contribution in [3.8, 4) is 11.8 Å². The Morgan fingerprint density at radius 3 is 2.85 bits per heavy atom. The fourth-order valence-electron chi connectivity index (χ4n) is 2.18. The maximum atomic E-state index is 13.7. The van der Waals surface area contributed by atoms with Gasteiger partial charge in [-0.2, -0.15) is 0 Å². The summed E-state index contributed by atoms with van der Waals surface area (Å²) in [6.45, 7) is 0.836. The van der Waals surface area contributed by atoms with Crippen LogP contribution in [-0.4, -0.2) is 19.0 Å². The quantitative estimate of drug-likeness (QED) is 0.826. The zero-order valence-corrected chi connectivity index (χ0v) is 11.4. The molecule has 0 unspecified atom stereocenters. The van der Waals surface area contributed by atoms with Gasteiger partial charge in [0.05, 0.1) is 12.1 Å². The first-order valence-corrected chi connectivity index (χ1v) is 6.97. The number of rotatable bonds is 4. The van der Waals surface area contributed by atoms with Gasteiger partial charge in [0.1, 0.15) is 5.82 Å². The highest BCUT2D eigenvalue weighted by Crippen LogP contribution is 2.28. The summed E-state index contributed by atoms with van der Waals surface area (Å²) in [5.41, 5.74) is 5.83. The summed E-state index contributed by atoms with van der Waals surface area (Å²) in [7, 11) is 0. The highest BCUT2D eigenvalue weighted by Gasteiger charge is 2.17. The molecule has 3 N–H and O–H groups in total. The Morgan fingerprint density at radius 2 is 2.25 bits per heavy atom. The lowest BCUT2D eigenvalue weighted by Crippen LogP contribution is -2.27. The molecular weight excluding hydrogens is 255 g/mol. The lowest BCUT2D eigenvalue weighted by Gasteiger charge is -2.25. The third kappa shape index (κ3) is 3.82. The van der Waals surface area contributed by atoms with E-state index in [2.05, 4.69) is 17.2 Å². The number of hydrogen-bond donors (Lipinski definition) is 2. The van der Waals surface area contributed by atoms with E-state index in [9.17, 15) is 9.18 Å². The van der Waals surface area contributed by atoms with Gasteiger partial charge in [-0.25, -0.2) is 4.39 Å². The van der Waals surface area contributed by atoms with Crippen molar-refractivity contribution in [3.63, 3.8) is 0 Å². The van der Waals surface area contributed by atoms with Gasteiger partial charge in [0, 0.05) is 12.1 Å². The molecule has 1 saturated carbocycles. The number of hydrogen-bond acceptors (Lipinski definition) is 2. The molecule has 4 heteroatoms. The molecular formula is C16H19FN2O. The molecule has 2 rings (SSSR count). The maximum Gasteiger partial charge on any atom is 0.251 e. The number of benzene rings is 1. The van der Waals surface area contributed by atoms with E-state index in [1.165, 1.54) is 31.4 Å². The number of amides is 1. The van der Waals surface area contributed by atoms with Gasteiger partial charge in [0.25, 0.3) is 5.91 Å². The third-order valence-electron chi connectivity index (χ3n) is 3.62. The Balaban J connectivity index is 1.90. The van der Waals surface area contributed by atoms with Crippen LogP contribution in [0.3, 0.4) is 0 Å². The summed E-state index contributed by atoms with van der Waals surface area (Å²) >= 11 is 0. The summed E-state index contributed by atoms with van der Waals surface area (Å²) in [4.78, 5) is 11.9. The highest BCUT2D eigenvalue weighted by atomic mass is 19.1. The number of nitrogens with one attached hydrogen (secondary N) is 1. The van der Waals surface area contributed by atoms with Gasteiger partial charge in [-0.05, 0) is 30.5 Å². The van der Waals surface area contributed by atoms with Crippen LogP contribution >= 0.6 is 0 Å². The number of carbonyl (C=O) groups excluding carboxylic acids is 1. The number of halogens is 1. The second-order valence-electron chi connectivity index (χ2n) is 5.04. The zero-order chi connectivity index (χ0) is 14.4. The largest absolute Gasteiger partial charge is 0.352 e. The van der Waals surface area contributed by atoms with Crippen LogP contribution in [0.1, 0.15) is 41.6 Å². The molecule has 0 aliphatic heterocycles. The maximum absolute atomic E-state index is 13.7. The molecule has 0 saturated heterocycles. The van der Waals surface area contributed by atoms with Crippen molar-refractivity contribution < 1.29 is 9.18 Å². The lowest BCUT2D eigenvalue weighted by atomic mass is 9.83. The van der Waals surface area contributed by atoms with E-state index in [1.807, 2.05) is 0 Å². The first-order valence-electron chi connectivity index (χ1n) is 6.97. The minimum Gasteiger partial charge on any atom is -0.352 e. The second kappa shape index (κ2) is 7.06. The van der Waals surface area contributed by atoms with Crippen molar-refractivity contribution >= 4 is 5.91 Å². The summed E-state index contributed by atoms with van der Waals surface area (Å²) in [5.74, 6) is 5.25. The molecule has 1 aromatic rings. The average molecular weight is 274 g/mol. The van der Waals surface area contributed by atoms with Crippen LogP contribution < -0.4 is 11.1 Å². The molecule has 0 aromatic heterocycles. The van der Waals surface area contributed by atoms with E-state index < -0.39 is 5.82 Å². The Labute approximate surface area is 118 Å². The molecule has 0 atom stereocenters. The molecule has 1 fully saturated rings. The highest BCUT2D eigenvalue weighted by molar-refractivity contribution is 5.94. The van der Waals surface area contributed by atoms with E-state index in [0.717, 1.165) is 12.3 Å². The molecule has 1 aromatic carbocycles. The minimum atomic E-state index is -0.488. The van der Waals surface area contributed by atoms with Gasteiger partial charge in [-0.15, -0.1) is 0 Å². The van der Waals surface area contributed by atoms with Crippen LogP contribution in [0.15, 0.2) is 18.2 Å². The van der Waals surface area contributed by atoms with Gasteiger partial charge in [-0.3, -0.25) is 4.79 Å². The van der Waals surface area contributed by atoms with Crippen LogP contribution in [0.25, 0.3) is 0 Å². The molecule has 0 radical (unpaired) electrons. The van der Waals surface area contributed by atoms with Crippen molar-refractivity contribution in [2.75, 3.05) is 13.1 Å². The molecule has 0 bridgehead atoms. The van der Waals surface area contributed by atoms with Crippen LogP contribution in [0.2, 0.25) is 0 Å². The van der Waals surface area contributed by atoms with Crippen molar-refractivity contribution in [1.29, 1.82) is 0 Å². The smallest absolute Gasteiger partial charge is 0.251 e. The van der Waals surface area contributed by atoms with Gasteiger partial charge in [0.15, 0.2) is 0 Å². The Bertz CT molecular complexity index is 541. The Kier molecular flexibility index (Phi) is 5.14. The standard InChI is InChI=1S/C16H19FN2O/c17-15-11-14(7-6-13(15)5-2-9-18)16(20)19-10-8-12-3-1-4-12/h6-7,11-12H,1,3-4,8-10,18H2,(H,19,20). The summed E-state index contributed by atoms with van der Waals surface area (Å²) in [6, 6.07) is 4.32. The predicted octanol–water partition coefficient (Wildman–Crippen LogP) is 2.06. The van der Waals surface area contributed by atoms with Crippen molar-refractivity contribution in [1.82, 2.24) is 5.32 Å². The topological polar surface area (TPSA) is 55.1 Å². The minimum absolute atomic E-state index is 0.183. The van der Waals surface area contributed by atoms with Crippen LogP contribution in [0.4, 0.5) is 4.39 Å². The van der Waals surface area contributed by atoms with Crippen LogP contribution in [0, 0.1) is 23.6 Å². The van der Waals surface area contributed by atoms with E-state index in [4.69, 9.17) is 5.73 Å². The normalized spacial score (nSPS) is 14.1. The van der Waals surface area contributed by atoms with Gasteiger partial charge in [-0.1, -0.05) is 31.1 Å². The molecule has 0 heterocycles. The van der Waals surface area contributed by atoms with Crippen LogP contribution in [0.5, 0.6) is 0 Å². The first kappa shape index (κ1) is 14.5. The van der Waals surface area contributed by atoms with Crippen molar-refractivity contribution in [2.24, 2.45) is 11.7 Å². The predicted molar refractivity (Wildman–Crippen MR) is 76.6 cm³/mol. The van der Waals surface area contributed by atoms with Crippen molar-refractivity contribution in [3.05, 3.63) is 35.1 Å². The van der Waals surface area contributed by atoms with E-state index in [1.54, 1.807) is 6.07 Å². The third-order valence-corrected chi connectivity index (χ3v) is 3.62. The fraction of sp³-hybridized carbons (Fsp3) is 0.438. The number of nitrogens with two attached hydrogens (primary N) is 1. The Hall–Kier alpha value is -1.86. The second-order valence-corrected chi connectivity index (χ2v) is 5.04. The summed E-state index contributed by atoms with van der Waals surface area (Å²) in [6.07, 6.45) is 4.83. The zero-order valence-electron chi connectivity index (χ0n) is 11.4. The molecule has 20 heavy (non-hydrogen) atoms. The molecule has 1 amide bonds. The van der Waals surface area contributed by atoms with E-state index >= 15 is 0 Å². The van der Waals surface area contributed by atoms with E-state index in [0.29, 0.717) is 12.1 Å². The first-order chi connectivity index (χ1) is 9.70. The van der Waals surface area contributed by atoms with Gasteiger partial charge < -0.3 is 11.1 Å². The van der Waals surface area contributed by atoms with Gasteiger partial charge >= 0.3 is 0 Å². The monoisotopic (exact) mass is 274 g/mol. The Morgan fingerprint density at radius 1 is 1.45 bits per heavy atom. The molecule has 0 spiro atoms. The SMILES string of the molecule is NCC#Cc1ccc(C(=O)NCCC2CCC2)cc1F. The average Bonchev–Trinajstić information content (AvgIpc) is 2.40. The molecule has 106 valence electrons. The summed E-state index contributed by atoms with van der Waals surface area (Å²) < 4.78 is 13.7. The van der Waals surface area contributed by atoms with Crippen LogP contribution in [-0.2, 0) is 0 Å². The summed E-state index contributed by atoms with van der Waals surface area (Å²) in [5, 5.41) is 2.83. The van der Waals surface area contributed by atoms with E-state index in [-0.39, 0.29) is 18.0 Å².